The molecule has 0 radical (unpaired) electrons. The topological polar surface area (TPSA) is 66.4 Å². The van der Waals surface area contributed by atoms with E-state index in [1.807, 2.05) is 18.2 Å². The lowest BCUT2D eigenvalue weighted by Crippen LogP contribution is -2.62. The van der Waals surface area contributed by atoms with Gasteiger partial charge < -0.3 is 28.8 Å². The van der Waals surface area contributed by atoms with E-state index in [0.717, 1.165) is 56.9 Å². The predicted octanol–water partition coefficient (Wildman–Crippen LogP) is 3.84. The van der Waals surface area contributed by atoms with E-state index in [-0.39, 0.29) is 18.3 Å². The van der Waals surface area contributed by atoms with Crippen molar-refractivity contribution in [1.82, 2.24) is 0 Å². The van der Waals surface area contributed by atoms with Crippen molar-refractivity contribution in [3.05, 3.63) is 35.9 Å². The van der Waals surface area contributed by atoms with E-state index in [1.165, 1.54) is 12.8 Å². The van der Waals surface area contributed by atoms with E-state index >= 15 is 0 Å². The fraction of sp³-hybridized carbons (Fsp3) is 0.760. The summed E-state index contributed by atoms with van der Waals surface area (Å²) in [6, 6.07) is 10.2. The lowest BCUT2D eigenvalue weighted by atomic mass is 9.85. The van der Waals surface area contributed by atoms with Gasteiger partial charge in [0.1, 0.15) is 36.6 Å². The molecule has 5 fully saturated rings. The van der Waals surface area contributed by atoms with Crippen molar-refractivity contribution in [2.24, 2.45) is 0 Å². The van der Waals surface area contributed by atoms with Gasteiger partial charge in [0, 0.05) is 25.7 Å². The zero-order chi connectivity index (χ0) is 20.9. The molecule has 0 bridgehead atoms. The second-order valence-electron chi connectivity index (χ2n) is 10.0. The molecule has 2 saturated heterocycles. The maximum Gasteiger partial charge on any atom is 0.169 e. The maximum absolute atomic E-state index is 11.3. The first-order valence-corrected chi connectivity index (χ1v) is 12.2. The van der Waals surface area contributed by atoms with Crippen molar-refractivity contribution in [2.75, 3.05) is 0 Å². The van der Waals surface area contributed by atoms with Crippen molar-refractivity contribution in [3.63, 3.8) is 0 Å². The highest BCUT2D eigenvalue weighted by atomic mass is 16.8. The predicted molar refractivity (Wildman–Crippen MR) is 112 cm³/mol. The molecule has 0 aromatic heterocycles. The van der Waals surface area contributed by atoms with E-state index in [2.05, 4.69) is 12.1 Å². The molecule has 1 aromatic rings. The van der Waals surface area contributed by atoms with Gasteiger partial charge in [-0.05, 0) is 31.2 Å². The van der Waals surface area contributed by atoms with E-state index in [1.54, 1.807) is 0 Å². The molecule has 3 saturated carbocycles. The second kappa shape index (κ2) is 8.08. The monoisotopic (exact) mass is 430 g/mol. The summed E-state index contributed by atoms with van der Waals surface area (Å²) in [5, 5.41) is 11.3. The van der Waals surface area contributed by atoms with Crippen LogP contribution >= 0.6 is 0 Å². The molecule has 31 heavy (non-hydrogen) atoms. The van der Waals surface area contributed by atoms with E-state index in [4.69, 9.17) is 23.7 Å². The van der Waals surface area contributed by atoms with Crippen LogP contribution in [0.4, 0.5) is 0 Å². The Morgan fingerprint density at radius 1 is 0.710 bits per heavy atom. The Labute approximate surface area is 184 Å². The van der Waals surface area contributed by atoms with E-state index in [9.17, 15) is 5.11 Å². The van der Waals surface area contributed by atoms with Crippen LogP contribution in [0.15, 0.2) is 30.3 Å². The summed E-state index contributed by atoms with van der Waals surface area (Å²) in [6.45, 7) is 0.473. The number of hydrogen-bond donors (Lipinski definition) is 1. The van der Waals surface area contributed by atoms with Gasteiger partial charge in [0.25, 0.3) is 0 Å². The minimum absolute atomic E-state index is 0.332. The summed E-state index contributed by atoms with van der Waals surface area (Å²) in [7, 11) is 0. The third kappa shape index (κ3) is 3.65. The van der Waals surface area contributed by atoms with Gasteiger partial charge in [0.2, 0.25) is 0 Å². The molecule has 1 N–H and O–H groups in total. The van der Waals surface area contributed by atoms with Gasteiger partial charge in [-0.2, -0.15) is 0 Å². The first-order valence-electron chi connectivity index (χ1n) is 12.2. The summed E-state index contributed by atoms with van der Waals surface area (Å²) in [5.41, 5.74) is 1.11. The van der Waals surface area contributed by atoms with Crippen molar-refractivity contribution in [2.45, 2.75) is 119 Å². The van der Waals surface area contributed by atoms with Gasteiger partial charge in [-0.25, -0.2) is 0 Å². The largest absolute Gasteiger partial charge is 0.387 e. The summed E-state index contributed by atoms with van der Waals surface area (Å²) in [5.74, 6) is -1.19. The molecular weight excluding hydrogens is 396 g/mol. The Morgan fingerprint density at radius 3 is 1.71 bits per heavy atom. The minimum Gasteiger partial charge on any atom is -0.387 e. The van der Waals surface area contributed by atoms with Crippen LogP contribution < -0.4 is 0 Å². The van der Waals surface area contributed by atoms with Crippen LogP contribution in [0.2, 0.25) is 0 Å². The van der Waals surface area contributed by atoms with Crippen LogP contribution in [0.3, 0.4) is 0 Å². The Bertz CT molecular complexity index is 715. The fourth-order valence-electron chi connectivity index (χ4n) is 6.33. The lowest BCUT2D eigenvalue weighted by Gasteiger charge is -2.40. The zero-order valence-electron chi connectivity index (χ0n) is 18.1. The fourth-order valence-corrected chi connectivity index (χ4v) is 6.33. The molecule has 0 amide bonds. The average Bonchev–Trinajstić information content (AvgIpc) is 3.35. The summed E-state index contributed by atoms with van der Waals surface area (Å²) in [4.78, 5) is 0. The highest BCUT2D eigenvalue weighted by molar-refractivity contribution is 5.15. The molecule has 1 aromatic carbocycles. The average molecular weight is 431 g/mol. The molecular formula is C25H34O6. The molecule has 170 valence electrons. The number of hydrogen-bond acceptors (Lipinski definition) is 6. The molecule has 0 unspecified atom stereocenters. The van der Waals surface area contributed by atoms with E-state index in [0.29, 0.717) is 6.61 Å². The molecule has 5 aliphatic rings. The van der Waals surface area contributed by atoms with Crippen molar-refractivity contribution in [1.29, 1.82) is 0 Å². The van der Waals surface area contributed by atoms with Crippen LogP contribution in [0.1, 0.15) is 69.8 Å². The van der Waals surface area contributed by atoms with Gasteiger partial charge >= 0.3 is 0 Å². The molecule has 2 heterocycles. The molecule has 2 spiro atoms. The standard InChI is InChI=1S/C25H34O6/c26-18-19-22(30-24(28-19)12-6-2-7-13-24)21(27-16-17-10-4-1-5-11-17)23-20(18)29-25(31-23)14-8-3-9-15-25/h1,4-5,10-11,18-23,26H,2-3,6-9,12-16H2/t18-,19-,20+,21-,22-,23-/m1/s1. The Hall–Kier alpha value is -1.02. The molecule has 3 aliphatic carbocycles. The quantitative estimate of drug-likeness (QED) is 0.786. The first kappa shape index (κ1) is 20.6. The Morgan fingerprint density at radius 2 is 1.19 bits per heavy atom. The van der Waals surface area contributed by atoms with E-state index < -0.39 is 29.9 Å². The number of benzene rings is 1. The summed E-state index contributed by atoms with van der Waals surface area (Å²) >= 11 is 0. The number of rotatable bonds is 3. The SMILES string of the molecule is O[C@@H]1[C@H]2OC3(CCCCC3)O[C@H]2[C@@H](OCc2ccccc2)[C@@H]2OC3(CCCCC3)O[C@@H]12. The number of ether oxygens (including phenoxy) is 5. The maximum atomic E-state index is 11.3. The second-order valence-corrected chi connectivity index (χ2v) is 10.0. The number of fused-ring (bicyclic) bond motifs is 2. The number of aliphatic hydroxyl groups excluding tert-OH is 1. The van der Waals surface area contributed by atoms with Gasteiger partial charge in [0.15, 0.2) is 11.6 Å². The Kier molecular flexibility index (Phi) is 5.37. The zero-order valence-corrected chi connectivity index (χ0v) is 18.1. The van der Waals surface area contributed by atoms with Crippen LogP contribution in [0, 0.1) is 0 Å². The molecule has 2 aliphatic heterocycles. The van der Waals surface area contributed by atoms with Crippen molar-refractivity contribution >= 4 is 0 Å². The lowest BCUT2D eigenvalue weighted by molar-refractivity contribution is -0.227. The van der Waals surface area contributed by atoms with Crippen molar-refractivity contribution < 1.29 is 28.8 Å². The van der Waals surface area contributed by atoms with Crippen molar-refractivity contribution in [3.8, 4) is 0 Å². The molecule has 6 nitrogen and oxygen atoms in total. The van der Waals surface area contributed by atoms with Gasteiger partial charge in [-0.1, -0.05) is 43.2 Å². The smallest absolute Gasteiger partial charge is 0.169 e. The van der Waals surface area contributed by atoms with Crippen LogP contribution in [-0.2, 0) is 30.3 Å². The van der Waals surface area contributed by atoms with Gasteiger partial charge in [0.05, 0.1) is 6.61 Å². The highest BCUT2D eigenvalue weighted by Gasteiger charge is 2.66. The summed E-state index contributed by atoms with van der Waals surface area (Å²) in [6.07, 6.45) is 7.60. The van der Waals surface area contributed by atoms with Gasteiger partial charge in [-0.3, -0.25) is 0 Å². The molecule has 6 atom stereocenters. The summed E-state index contributed by atoms with van der Waals surface area (Å²) < 4.78 is 32.7. The normalized spacial score (nSPS) is 40.7. The first-order chi connectivity index (χ1) is 15.2. The Balaban J connectivity index is 1.28. The third-order valence-electron chi connectivity index (χ3n) is 7.89. The molecule has 6 heteroatoms. The van der Waals surface area contributed by atoms with Gasteiger partial charge in [-0.15, -0.1) is 0 Å². The number of aliphatic hydroxyl groups is 1. The van der Waals surface area contributed by atoms with Crippen LogP contribution in [0.25, 0.3) is 0 Å². The van der Waals surface area contributed by atoms with Crippen LogP contribution in [0.5, 0.6) is 0 Å². The minimum atomic E-state index is -0.769. The third-order valence-corrected chi connectivity index (χ3v) is 7.89. The molecule has 6 rings (SSSR count). The van der Waals surface area contributed by atoms with Crippen LogP contribution in [-0.4, -0.2) is 53.3 Å². The highest BCUT2D eigenvalue weighted by Crippen LogP contribution is 2.51.